The molecule has 0 aromatic carbocycles. The topological polar surface area (TPSA) is 79.2 Å². The van der Waals surface area contributed by atoms with Crippen LogP contribution in [0.4, 0.5) is 0 Å². The molecule has 0 radical (unpaired) electrons. The molecule has 1 saturated heterocycles. The maximum absolute atomic E-state index is 11.6. The Hall–Kier alpha value is -0.640. The van der Waals surface area contributed by atoms with Gasteiger partial charge in [0.25, 0.3) is 0 Å². The van der Waals surface area contributed by atoms with Gasteiger partial charge in [-0.25, -0.2) is 8.42 Å². The standard InChI is InChI=1S/C8H14N2O3S/c1-7(6-9)10-14(11,12)8-2-4-13-5-3-8/h7-8,10H,2-5H2,1H3. The fourth-order valence-electron chi connectivity index (χ4n) is 1.36. The fourth-order valence-corrected chi connectivity index (χ4v) is 2.91. The zero-order chi connectivity index (χ0) is 10.6. The van der Waals surface area contributed by atoms with Crippen molar-refractivity contribution in [3.63, 3.8) is 0 Å². The summed E-state index contributed by atoms with van der Waals surface area (Å²) < 4.78 is 30.7. The Morgan fingerprint density at radius 1 is 1.50 bits per heavy atom. The summed E-state index contributed by atoms with van der Waals surface area (Å²) in [6.07, 6.45) is 1.01. The molecule has 1 heterocycles. The van der Waals surface area contributed by atoms with Gasteiger partial charge in [0.2, 0.25) is 10.0 Å². The molecular weight excluding hydrogens is 204 g/mol. The fraction of sp³-hybridized carbons (Fsp3) is 0.875. The van der Waals surface area contributed by atoms with E-state index in [-0.39, 0.29) is 0 Å². The van der Waals surface area contributed by atoms with E-state index in [1.807, 2.05) is 6.07 Å². The summed E-state index contributed by atoms with van der Waals surface area (Å²) in [5.74, 6) is 0. The molecule has 0 amide bonds. The van der Waals surface area contributed by atoms with E-state index in [1.54, 1.807) is 0 Å². The Balaban J connectivity index is 2.60. The van der Waals surface area contributed by atoms with Gasteiger partial charge in [-0.3, -0.25) is 0 Å². The summed E-state index contributed by atoms with van der Waals surface area (Å²) in [5.41, 5.74) is 0. The minimum Gasteiger partial charge on any atom is -0.381 e. The Morgan fingerprint density at radius 3 is 2.57 bits per heavy atom. The summed E-state index contributed by atoms with van der Waals surface area (Å²) in [5, 5.41) is 8.08. The van der Waals surface area contributed by atoms with E-state index in [1.165, 1.54) is 6.92 Å². The maximum atomic E-state index is 11.6. The van der Waals surface area contributed by atoms with Crippen LogP contribution in [0.2, 0.25) is 0 Å². The van der Waals surface area contributed by atoms with E-state index in [4.69, 9.17) is 10.00 Å². The van der Waals surface area contributed by atoms with Gasteiger partial charge in [0, 0.05) is 13.2 Å². The molecule has 0 aromatic heterocycles. The van der Waals surface area contributed by atoms with Gasteiger partial charge in [-0.2, -0.15) is 9.98 Å². The molecule has 1 unspecified atom stereocenters. The van der Waals surface area contributed by atoms with E-state index < -0.39 is 21.3 Å². The van der Waals surface area contributed by atoms with E-state index in [2.05, 4.69) is 4.72 Å². The third-order valence-electron chi connectivity index (χ3n) is 2.14. The van der Waals surface area contributed by atoms with E-state index in [0.717, 1.165) is 0 Å². The zero-order valence-electron chi connectivity index (χ0n) is 8.06. The minimum absolute atomic E-state index is 0.410. The molecule has 14 heavy (non-hydrogen) atoms. The van der Waals surface area contributed by atoms with Gasteiger partial charge >= 0.3 is 0 Å². The van der Waals surface area contributed by atoms with Crippen LogP contribution in [0.25, 0.3) is 0 Å². The van der Waals surface area contributed by atoms with Gasteiger partial charge in [0.05, 0.1) is 11.3 Å². The Bertz CT molecular complexity index is 314. The molecule has 0 bridgehead atoms. The first kappa shape index (κ1) is 11.4. The highest BCUT2D eigenvalue weighted by molar-refractivity contribution is 7.90. The van der Waals surface area contributed by atoms with Crippen LogP contribution in [-0.4, -0.2) is 32.9 Å². The van der Waals surface area contributed by atoms with Crippen molar-refractivity contribution in [3.8, 4) is 6.07 Å². The normalized spacial score (nSPS) is 21.4. The Kier molecular flexibility index (Phi) is 3.86. The molecule has 0 aliphatic carbocycles. The van der Waals surface area contributed by atoms with E-state index in [9.17, 15) is 8.42 Å². The predicted molar refractivity (Wildman–Crippen MR) is 51.0 cm³/mol. The number of nitrogens with one attached hydrogen (secondary N) is 1. The first-order valence-corrected chi connectivity index (χ1v) is 6.09. The minimum atomic E-state index is -3.35. The van der Waals surface area contributed by atoms with Gasteiger partial charge < -0.3 is 4.74 Å². The predicted octanol–water partition coefficient (Wildman–Crippen LogP) is -0.00312. The third kappa shape index (κ3) is 2.94. The molecule has 6 heteroatoms. The molecule has 80 valence electrons. The highest BCUT2D eigenvalue weighted by Crippen LogP contribution is 2.14. The zero-order valence-corrected chi connectivity index (χ0v) is 8.88. The second-order valence-corrected chi connectivity index (χ2v) is 5.32. The van der Waals surface area contributed by atoms with Crippen molar-refractivity contribution >= 4 is 10.0 Å². The van der Waals surface area contributed by atoms with E-state index in [0.29, 0.717) is 26.1 Å². The van der Waals surface area contributed by atoms with Crippen LogP contribution in [0, 0.1) is 11.3 Å². The summed E-state index contributed by atoms with van der Waals surface area (Å²) in [4.78, 5) is 0. The van der Waals surface area contributed by atoms with Crippen LogP contribution >= 0.6 is 0 Å². The number of hydrogen-bond donors (Lipinski definition) is 1. The quantitative estimate of drug-likeness (QED) is 0.723. The monoisotopic (exact) mass is 218 g/mol. The second-order valence-electron chi connectivity index (χ2n) is 3.33. The van der Waals surface area contributed by atoms with Crippen molar-refractivity contribution in [2.24, 2.45) is 0 Å². The molecule has 1 atom stereocenters. The molecule has 0 saturated carbocycles. The second kappa shape index (κ2) is 4.73. The maximum Gasteiger partial charge on any atom is 0.215 e. The Labute approximate surface area is 84.1 Å². The lowest BCUT2D eigenvalue weighted by atomic mass is 10.2. The lowest BCUT2D eigenvalue weighted by Crippen LogP contribution is -2.41. The number of nitriles is 1. The first-order valence-electron chi connectivity index (χ1n) is 4.55. The highest BCUT2D eigenvalue weighted by atomic mass is 32.2. The molecule has 0 spiro atoms. The molecular formula is C8H14N2O3S. The molecule has 1 fully saturated rings. The van der Waals surface area contributed by atoms with Crippen molar-refractivity contribution in [1.29, 1.82) is 5.26 Å². The van der Waals surface area contributed by atoms with Gasteiger partial charge in [-0.15, -0.1) is 0 Å². The average Bonchev–Trinajstić information content (AvgIpc) is 2.18. The van der Waals surface area contributed by atoms with Gasteiger partial charge in [-0.1, -0.05) is 0 Å². The van der Waals surface area contributed by atoms with Crippen LogP contribution in [0.5, 0.6) is 0 Å². The number of sulfonamides is 1. The van der Waals surface area contributed by atoms with Crippen molar-refractivity contribution in [3.05, 3.63) is 0 Å². The summed E-state index contributed by atoms with van der Waals surface area (Å²) in [7, 11) is -3.35. The van der Waals surface area contributed by atoms with Gasteiger partial charge in [0.15, 0.2) is 0 Å². The Morgan fingerprint density at radius 2 is 2.07 bits per heavy atom. The number of ether oxygens (including phenoxy) is 1. The molecule has 0 aromatic rings. The van der Waals surface area contributed by atoms with Crippen LogP contribution in [0.1, 0.15) is 19.8 Å². The first-order chi connectivity index (χ1) is 6.56. The largest absolute Gasteiger partial charge is 0.381 e. The van der Waals surface area contributed by atoms with Crippen LogP contribution in [-0.2, 0) is 14.8 Å². The molecule has 5 nitrogen and oxygen atoms in total. The molecule has 1 aliphatic rings. The highest BCUT2D eigenvalue weighted by Gasteiger charge is 2.28. The lowest BCUT2D eigenvalue weighted by molar-refractivity contribution is 0.0981. The van der Waals surface area contributed by atoms with Gasteiger partial charge in [0.1, 0.15) is 6.04 Å². The van der Waals surface area contributed by atoms with Crippen molar-refractivity contribution in [2.45, 2.75) is 31.1 Å². The number of rotatable bonds is 3. The summed E-state index contributed by atoms with van der Waals surface area (Å²) in [6, 6.07) is 1.17. The average molecular weight is 218 g/mol. The molecule has 1 N–H and O–H groups in total. The van der Waals surface area contributed by atoms with Crippen molar-refractivity contribution in [1.82, 2.24) is 4.72 Å². The summed E-state index contributed by atoms with van der Waals surface area (Å²) in [6.45, 7) is 2.48. The molecule has 1 rings (SSSR count). The molecule has 1 aliphatic heterocycles. The third-order valence-corrected chi connectivity index (χ3v) is 4.17. The van der Waals surface area contributed by atoms with Crippen molar-refractivity contribution in [2.75, 3.05) is 13.2 Å². The van der Waals surface area contributed by atoms with E-state index >= 15 is 0 Å². The smallest absolute Gasteiger partial charge is 0.215 e. The van der Waals surface area contributed by atoms with Crippen LogP contribution < -0.4 is 4.72 Å². The summed E-state index contributed by atoms with van der Waals surface area (Å²) >= 11 is 0. The van der Waals surface area contributed by atoms with Crippen LogP contribution in [0.15, 0.2) is 0 Å². The number of hydrogen-bond acceptors (Lipinski definition) is 4. The van der Waals surface area contributed by atoms with Crippen LogP contribution in [0.3, 0.4) is 0 Å². The lowest BCUT2D eigenvalue weighted by Gasteiger charge is -2.22. The van der Waals surface area contributed by atoms with Crippen molar-refractivity contribution < 1.29 is 13.2 Å². The van der Waals surface area contributed by atoms with Gasteiger partial charge in [-0.05, 0) is 19.8 Å². The number of nitrogens with zero attached hydrogens (tertiary/aromatic N) is 1. The SMILES string of the molecule is CC(C#N)NS(=O)(=O)C1CCOCC1.